The van der Waals surface area contributed by atoms with Gasteiger partial charge in [-0.05, 0) is 51.9 Å². The largest absolute Gasteiger partial charge is 0.390 e. The van der Waals surface area contributed by atoms with E-state index in [0.29, 0.717) is 25.8 Å². The van der Waals surface area contributed by atoms with Crippen LogP contribution < -0.4 is 10.6 Å². The summed E-state index contributed by atoms with van der Waals surface area (Å²) in [7, 11) is 3.61. The van der Waals surface area contributed by atoms with Crippen LogP contribution in [0.5, 0.6) is 0 Å². The fourth-order valence-corrected chi connectivity index (χ4v) is 1.92. The highest BCUT2D eigenvalue weighted by Gasteiger charge is 2.23. The molecule has 0 rings (SSSR count). The van der Waals surface area contributed by atoms with Crippen molar-refractivity contribution < 1.29 is 9.90 Å². The lowest BCUT2D eigenvalue weighted by atomic mass is 9.91. The van der Waals surface area contributed by atoms with Crippen LogP contribution in [0.3, 0.4) is 0 Å². The number of rotatable bonds is 11. The summed E-state index contributed by atoms with van der Waals surface area (Å²) in [6.07, 6.45) is 5.91. The molecule has 19 heavy (non-hydrogen) atoms. The predicted octanol–water partition coefficient (Wildman–Crippen LogP) is 1.11. The number of aliphatic imine (C=N–C) groups is 1. The molecule has 0 aromatic rings. The van der Waals surface area contributed by atoms with E-state index in [1.165, 1.54) is 0 Å². The average Bonchev–Trinajstić information content (AvgIpc) is 2.39. The number of nitrogens with one attached hydrogen (secondary N) is 2. The smallest absolute Gasteiger partial charge is 0.220 e. The Morgan fingerprint density at radius 3 is 2.68 bits per heavy atom. The summed E-state index contributed by atoms with van der Waals surface area (Å²) < 4.78 is 0. The second kappa shape index (κ2) is 10.9. The van der Waals surface area contributed by atoms with Crippen molar-refractivity contribution in [2.45, 2.75) is 51.0 Å². The summed E-state index contributed by atoms with van der Waals surface area (Å²) >= 11 is 0. The molecule has 3 N–H and O–H groups in total. The summed E-state index contributed by atoms with van der Waals surface area (Å²) in [4.78, 5) is 15.3. The Morgan fingerprint density at radius 1 is 1.37 bits per heavy atom. The molecule has 5 nitrogen and oxygen atoms in total. The number of amides is 1. The van der Waals surface area contributed by atoms with Gasteiger partial charge in [-0.2, -0.15) is 0 Å². The highest BCUT2D eigenvalue weighted by atomic mass is 16.3. The molecule has 0 radical (unpaired) electrons. The fraction of sp³-hybridized carbons (Fsp3) is 0.857. The van der Waals surface area contributed by atoms with Gasteiger partial charge < -0.3 is 20.7 Å². The van der Waals surface area contributed by atoms with E-state index in [2.05, 4.69) is 15.6 Å². The maximum absolute atomic E-state index is 11.5. The van der Waals surface area contributed by atoms with Gasteiger partial charge in [0.05, 0.1) is 5.60 Å². The minimum Gasteiger partial charge on any atom is -0.390 e. The third-order valence-corrected chi connectivity index (χ3v) is 3.32. The lowest BCUT2D eigenvalue weighted by molar-refractivity contribution is -0.121. The van der Waals surface area contributed by atoms with E-state index in [9.17, 15) is 9.90 Å². The van der Waals surface area contributed by atoms with Crippen molar-refractivity contribution in [1.29, 1.82) is 0 Å². The molecule has 0 fully saturated rings. The highest BCUT2D eigenvalue weighted by molar-refractivity contribution is 5.78. The summed E-state index contributed by atoms with van der Waals surface area (Å²) in [5, 5.41) is 16.3. The number of nitrogens with zero attached hydrogens (tertiary/aromatic N) is 1. The zero-order valence-electron chi connectivity index (χ0n) is 12.5. The Bertz CT molecular complexity index is 269. The average molecular weight is 271 g/mol. The van der Waals surface area contributed by atoms with Crippen molar-refractivity contribution in [2.75, 3.05) is 27.2 Å². The van der Waals surface area contributed by atoms with Crippen molar-refractivity contribution in [3.05, 3.63) is 0 Å². The first-order valence-electron chi connectivity index (χ1n) is 7.12. The molecule has 0 heterocycles. The second-order valence-electron chi connectivity index (χ2n) is 4.86. The van der Waals surface area contributed by atoms with Crippen LogP contribution in [0.1, 0.15) is 45.4 Å². The number of hydrogen-bond acceptors (Lipinski definition) is 4. The monoisotopic (exact) mass is 271 g/mol. The standard InChI is InChI=1S/C14H29N3O2/c1-4-14(19,8-6-11-16-3)9-12-17-13(18)7-5-10-15-2/h10,16,19H,4-9,11-12H2,1-3H3,(H,17,18). The van der Waals surface area contributed by atoms with Gasteiger partial charge in [-0.1, -0.05) is 6.92 Å². The molecular formula is C14H29N3O2. The molecule has 0 spiro atoms. The number of hydrogen-bond donors (Lipinski definition) is 3. The summed E-state index contributed by atoms with van der Waals surface area (Å²) in [5.41, 5.74) is -0.658. The van der Waals surface area contributed by atoms with Crippen molar-refractivity contribution in [3.8, 4) is 0 Å². The van der Waals surface area contributed by atoms with E-state index in [4.69, 9.17) is 0 Å². The van der Waals surface area contributed by atoms with Gasteiger partial charge in [-0.15, -0.1) is 0 Å². The Labute approximate surface area is 116 Å². The van der Waals surface area contributed by atoms with Crippen LogP contribution in [0, 0.1) is 0 Å². The van der Waals surface area contributed by atoms with Gasteiger partial charge in [0, 0.05) is 20.0 Å². The van der Waals surface area contributed by atoms with Crippen molar-refractivity contribution >= 4 is 12.1 Å². The number of aliphatic hydroxyl groups is 1. The normalized spacial score (nSPS) is 14.5. The molecule has 1 atom stereocenters. The first kappa shape index (κ1) is 18.1. The van der Waals surface area contributed by atoms with Crippen LogP contribution >= 0.6 is 0 Å². The molecule has 0 saturated heterocycles. The lowest BCUT2D eigenvalue weighted by Gasteiger charge is -2.27. The molecule has 0 bridgehead atoms. The molecule has 5 heteroatoms. The van der Waals surface area contributed by atoms with Crippen LogP contribution in [0.25, 0.3) is 0 Å². The number of carbonyl (C=O) groups is 1. The van der Waals surface area contributed by atoms with Gasteiger partial charge in [-0.25, -0.2) is 0 Å². The van der Waals surface area contributed by atoms with Gasteiger partial charge in [0.15, 0.2) is 0 Å². The molecule has 1 amide bonds. The summed E-state index contributed by atoms with van der Waals surface area (Å²) in [6, 6.07) is 0. The van der Waals surface area contributed by atoms with Crippen LogP contribution in [-0.2, 0) is 4.79 Å². The lowest BCUT2D eigenvalue weighted by Crippen LogP contribution is -2.35. The zero-order valence-corrected chi connectivity index (χ0v) is 12.5. The molecule has 0 aliphatic heterocycles. The predicted molar refractivity (Wildman–Crippen MR) is 79.7 cm³/mol. The maximum Gasteiger partial charge on any atom is 0.220 e. The van der Waals surface area contributed by atoms with E-state index in [-0.39, 0.29) is 5.91 Å². The van der Waals surface area contributed by atoms with Gasteiger partial charge in [-0.3, -0.25) is 4.79 Å². The minimum atomic E-state index is -0.658. The SMILES string of the molecule is CCC(O)(CCCNC)CCNC(=O)CCC=NC. The fourth-order valence-electron chi connectivity index (χ4n) is 1.92. The first-order chi connectivity index (χ1) is 9.08. The maximum atomic E-state index is 11.5. The Balaban J connectivity index is 3.83. The molecule has 0 saturated carbocycles. The van der Waals surface area contributed by atoms with Crippen molar-refractivity contribution in [2.24, 2.45) is 4.99 Å². The zero-order chi connectivity index (χ0) is 14.6. The van der Waals surface area contributed by atoms with Crippen molar-refractivity contribution in [3.63, 3.8) is 0 Å². The summed E-state index contributed by atoms with van der Waals surface area (Å²) in [6.45, 7) is 3.43. The topological polar surface area (TPSA) is 73.7 Å². The van der Waals surface area contributed by atoms with Crippen LogP contribution in [0.15, 0.2) is 4.99 Å². The van der Waals surface area contributed by atoms with Gasteiger partial charge in [0.1, 0.15) is 0 Å². The molecule has 0 aromatic carbocycles. The van der Waals surface area contributed by atoms with Crippen LogP contribution in [0.2, 0.25) is 0 Å². The summed E-state index contributed by atoms with van der Waals surface area (Å²) in [5.74, 6) is 0.0218. The van der Waals surface area contributed by atoms with Crippen LogP contribution in [0.4, 0.5) is 0 Å². The van der Waals surface area contributed by atoms with E-state index in [0.717, 1.165) is 25.8 Å². The van der Waals surface area contributed by atoms with Gasteiger partial charge >= 0.3 is 0 Å². The molecular weight excluding hydrogens is 242 g/mol. The second-order valence-corrected chi connectivity index (χ2v) is 4.86. The molecule has 0 aliphatic carbocycles. The van der Waals surface area contributed by atoms with E-state index < -0.39 is 5.60 Å². The third-order valence-electron chi connectivity index (χ3n) is 3.32. The van der Waals surface area contributed by atoms with Gasteiger partial charge in [0.25, 0.3) is 0 Å². The van der Waals surface area contributed by atoms with Gasteiger partial charge in [0.2, 0.25) is 5.91 Å². The van der Waals surface area contributed by atoms with Crippen molar-refractivity contribution in [1.82, 2.24) is 10.6 Å². The molecule has 0 aliphatic rings. The number of carbonyl (C=O) groups excluding carboxylic acids is 1. The Kier molecular flexibility index (Phi) is 10.4. The molecule has 1 unspecified atom stereocenters. The molecule has 0 aromatic heterocycles. The first-order valence-corrected chi connectivity index (χ1v) is 7.12. The Morgan fingerprint density at radius 2 is 2.11 bits per heavy atom. The van der Waals surface area contributed by atoms with E-state index in [1.54, 1.807) is 13.3 Å². The minimum absolute atomic E-state index is 0.0218. The quantitative estimate of drug-likeness (QED) is 0.389. The Hall–Kier alpha value is -0.940. The molecule has 112 valence electrons. The van der Waals surface area contributed by atoms with Crippen LogP contribution in [-0.4, -0.2) is 50.0 Å². The highest BCUT2D eigenvalue weighted by Crippen LogP contribution is 2.20. The third kappa shape index (κ3) is 9.62. The van der Waals surface area contributed by atoms with E-state index in [1.807, 2.05) is 14.0 Å². The van der Waals surface area contributed by atoms with E-state index >= 15 is 0 Å².